The zero-order valence-corrected chi connectivity index (χ0v) is 11.1. The van der Waals surface area contributed by atoms with E-state index >= 15 is 0 Å². The molecule has 0 saturated carbocycles. The van der Waals surface area contributed by atoms with E-state index in [1.807, 2.05) is 31.2 Å². The van der Waals surface area contributed by atoms with Crippen LogP contribution in [0.2, 0.25) is 0 Å². The molecule has 0 amide bonds. The molecule has 1 aromatic rings. The van der Waals surface area contributed by atoms with Crippen molar-refractivity contribution in [1.29, 1.82) is 0 Å². The Kier molecular flexibility index (Phi) is 4.83. The molecule has 1 rings (SSSR count). The Labute approximate surface area is 101 Å². The highest BCUT2D eigenvalue weighted by molar-refractivity contribution is 8.00. The van der Waals surface area contributed by atoms with E-state index < -0.39 is 9.84 Å². The fourth-order valence-corrected chi connectivity index (χ4v) is 3.29. The summed E-state index contributed by atoms with van der Waals surface area (Å²) in [6.07, 6.45) is 1.26. The summed E-state index contributed by atoms with van der Waals surface area (Å²) in [6.45, 7) is 1.94. The van der Waals surface area contributed by atoms with E-state index in [1.165, 1.54) is 6.26 Å². The van der Waals surface area contributed by atoms with Crippen molar-refractivity contribution in [2.75, 3.05) is 17.8 Å². The third-order valence-corrected chi connectivity index (χ3v) is 4.35. The van der Waals surface area contributed by atoms with Crippen LogP contribution in [0.1, 0.15) is 18.5 Å². The van der Waals surface area contributed by atoms with Gasteiger partial charge in [0.1, 0.15) is 9.84 Å². The minimum atomic E-state index is -2.86. The molecule has 5 heteroatoms. The Bertz CT molecular complexity index is 424. The molecule has 0 heterocycles. The van der Waals surface area contributed by atoms with Gasteiger partial charge >= 0.3 is 0 Å². The summed E-state index contributed by atoms with van der Waals surface area (Å²) in [5, 5.41) is 0. The lowest BCUT2D eigenvalue weighted by molar-refractivity contribution is 0.603. The van der Waals surface area contributed by atoms with Crippen LogP contribution in [0.3, 0.4) is 0 Å². The van der Waals surface area contributed by atoms with Gasteiger partial charge in [-0.25, -0.2) is 8.42 Å². The highest BCUT2D eigenvalue weighted by Crippen LogP contribution is 2.20. The van der Waals surface area contributed by atoms with Crippen LogP contribution in [0, 0.1) is 0 Å². The number of benzene rings is 1. The zero-order valence-electron chi connectivity index (χ0n) is 9.51. The zero-order chi connectivity index (χ0) is 12.2. The second kappa shape index (κ2) is 5.70. The molecule has 16 heavy (non-hydrogen) atoms. The molecule has 0 radical (unpaired) electrons. The van der Waals surface area contributed by atoms with Gasteiger partial charge < -0.3 is 5.73 Å². The van der Waals surface area contributed by atoms with Crippen molar-refractivity contribution in [2.24, 2.45) is 5.73 Å². The van der Waals surface area contributed by atoms with Gasteiger partial charge in [-0.15, -0.1) is 11.8 Å². The molecule has 0 aromatic heterocycles. The van der Waals surface area contributed by atoms with Crippen LogP contribution < -0.4 is 5.73 Å². The quantitative estimate of drug-likeness (QED) is 0.820. The standard InChI is InChI=1S/C11H17NO2S2/c1-9(12)10-3-5-11(6-4-10)15-7-8-16(2,13)14/h3-6,9H,7-8,12H2,1-2H3. The fraction of sp³-hybridized carbons (Fsp3) is 0.455. The minimum absolute atomic E-state index is 0.0371. The van der Waals surface area contributed by atoms with Gasteiger partial charge in [-0.3, -0.25) is 0 Å². The lowest BCUT2D eigenvalue weighted by Gasteiger charge is -2.06. The first kappa shape index (κ1) is 13.5. The van der Waals surface area contributed by atoms with Crippen molar-refractivity contribution in [3.63, 3.8) is 0 Å². The lowest BCUT2D eigenvalue weighted by atomic mass is 10.1. The molecule has 0 aliphatic heterocycles. The molecule has 2 N–H and O–H groups in total. The van der Waals surface area contributed by atoms with Crippen LogP contribution in [0.25, 0.3) is 0 Å². The highest BCUT2D eigenvalue weighted by Gasteiger charge is 2.03. The third-order valence-electron chi connectivity index (χ3n) is 2.13. The number of thioether (sulfide) groups is 1. The summed E-state index contributed by atoms with van der Waals surface area (Å²) in [6, 6.07) is 7.95. The molecule has 0 aliphatic carbocycles. The SMILES string of the molecule is CC(N)c1ccc(SCCS(C)(=O)=O)cc1. The molecule has 0 spiro atoms. The van der Waals surface area contributed by atoms with Gasteiger partial charge in [0, 0.05) is 22.9 Å². The molecule has 0 fully saturated rings. The van der Waals surface area contributed by atoms with Crippen molar-refractivity contribution in [3.05, 3.63) is 29.8 Å². The van der Waals surface area contributed by atoms with Crippen molar-refractivity contribution >= 4 is 21.6 Å². The molecule has 1 unspecified atom stereocenters. The largest absolute Gasteiger partial charge is 0.324 e. The van der Waals surface area contributed by atoms with E-state index in [-0.39, 0.29) is 11.8 Å². The summed E-state index contributed by atoms with van der Waals surface area (Å²) >= 11 is 1.55. The van der Waals surface area contributed by atoms with Crippen molar-refractivity contribution < 1.29 is 8.42 Å². The number of rotatable bonds is 5. The Morgan fingerprint density at radius 2 is 1.88 bits per heavy atom. The maximum Gasteiger partial charge on any atom is 0.148 e. The van der Waals surface area contributed by atoms with Crippen LogP contribution in [0.15, 0.2) is 29.2 Å². The predicted molar refractivity (Wildman–Crippen MR) is 69.5 cm³/mol. The normalized spacial score (nSPS) is 13.7. The van der Waals surface area contributed by atoms with Crippen LogP contribution in [-0.2, 0) is 9.84 Å². The molecule has 90 valence electrons. The van der Waals surface area contributed by atoms with Gasteiger partial charge in [0.05, 0.1) is 5.75 Å². The summed E-state index contributed by atoms with van der Waals surface area (Å²) in [5.74, 6) is 0.809. The Balaban J connectivity index is 2.50. The molecular weight excluding hydrogens is 242 g/mol. The molecule has 0 aliphatic rings. The summed E-state index contributed by atoms with van der Waals surface area (Å²) < 4.78 is 21.9. The number of hydrogen-bond donors (Lipinski definition) is 1. The Morgan fingerprint density at radius 1 is 1.31 bits per heavy atom. The van der Waals surface area contributed by atoms with E-state index in [1.54, 1.807) is 11.8 Å². The molecule has 1 atom stereocenters. The number of hydrogen-bond acceptors (Lipinski definition) is 4. The van der Waals surface area contributed by atoms with Crippen molar-refractivity contribution in [2.45, 2.75) is 17.9 Å². The van der Waals surface area contributed by atoms with Gasteiger partial charge in [0.25, 0.3) is 0 Å². The predicted octanol–water partition coefficient (Wildman–Crippen LogP) is 1.84. The van der Waals surface area contributed by atoms with Crippen LogP contribution in [0.5, 0.6) is 0 Å². The van der Waals surface area contributed by atoms with E-state index in [0.717, 1.165) is 10.5 Å². The van der Waals surface area contributed by atoms with Crippen LogP contribution in [-0.4, -0.2) is 26.2 Å². The number of sulfone groups is 1. The maximum absolute atomic E-state index is 10.9. The first-order valence-corrected chi connectivity index (χ1v) is 8.09. The van der Waals surface area contributed by atoms with Gasteiger partial charge in [0.2, 0.25) is 0 Å². The third kappa shape index (κ3) is 5.01. The number of nitrogens with two attached hydrogens (primary N) is 1. The summed E-state index contributed by atoms with van der Waals surface area (Å²) in [4.78, 5) is 1.08. The molecule has 3 nitrogen and oxygen atoms in total. The van der Waals surface area contributed by atoms with Gasteiger partial charge in [-0.2, -0.15) is 0 Å². The average molecular weight is 259 g/mol. The summed E-state index contributed by atoms with van der Waals surface area (Å²) in [5.41, 5.74) is 6.83. The molecule has 1 aromatic carbocycles. The van der Waals surface area contributed by atoms with Crippen molar-refractivity contribution in [3.8, 4) is 0 Å². The second-order valence-electron chi connectivity index (χ2n) is 3.84. The van der Waals surface area contributed by atoms with Gasteiger partial charge in [-0.1, -0.05) is 12.1 Å². The lowest BCUT2D eigenvalue weighted by Crippen LogP contribution is -2.05. The van der Waals surface area contributed by atoms with E-state index in [2.05, 4.69) is 0 Å². The molecule has 0 bridgehead atoms. The second-order valence-corrected chi connectivity index (χ2v) is 7.26. The monoisotopic (exact) mass is 259 g/mol. The Hall–Kier alpha value is -0.520. The van der Waals surface area contributed by atoms with Gasteiger partial charge in [0.15, 0.2) is 0 Å². The van der Waals surface area contributed by atoms with E-state index in [0.29, 0.717) is 5.75 Å². The molecular formula is C11H17NO2S2. The summed E-state index contributed by atoms with van der Waals surface area (Å²) in [7, 11) is -2.86. The van der Waals surface area contributed by atoms with Crippen LogP contribution >= 0.6 is 11.8 Å². The van der Waals surface area contributed by atoms with Crippen molar-refractivity contribution in [1.82, 2.24) is 0 Å². The minimum Gasteiger partial charge on any atom is -0.324 e. The van der Waals surface area contributed by atoms with E-state index in [4.69, 9.17) is 5.73 Å². The first-order valence-electron chi connectivity index (χ1n) is 5.04. The van der Waals surface area contributed by atoms with E-state index in [9.17, 15) is 8.42 Å². The molecule has 0 saturated heterocycles. The average Bonchev–Trinajstić information content (AvgIpc) is 2.16. The smallest absolute Gasteiger partial charge is 0.148 e. The Morgan fingerprint density at radius 3 is 2.31 bits per heavy atom. The first-order chi connectivity index (χ1) is 7.38. The highest BCUT2D eigenvalue weighted by atomic mass is 32.2. The maximum atomic E-state index is 10.9. The fourth-order valence-electron chi connectivity index (χ4n) is 1.18. The van der Waals surface area contributed by atoms with Gasteiger partial charge in [-0.05, 0) is 24.6 Å². The van der Waals surface area contributed by atoms with Crippen LogP contribution in [0.4, 0.5) is 0 Å². The topological polar surface area (TPSA) is 60.2 Å².